The van der Waals surface area contributed by atoms with Crippen molar-refractivity contribution in [3.63, 3.8) is 0 Å². The zero-order valence-electron chi connectivity index (χ0n) is 21.8. The molecule has 2 aromatic carbocycles. The van der Waals surface area contributed by atoms with Gasteiger partial charge in [-0.25, -0.2) is 0 Å². The minimum Gasteiger partial charge on any atom is -0.371 e. The monoisotopic (exact) mass is 467 g/mol. The Morgan fingerprint density at radius 2 is 1.51 bits per heavy atom. The number of nitrogens with zero attached hydrogens (tertiary/aromatic N) is 3. The number of amides is 1. The predicted molar refractivity (Wildman–Crippen MR) is 146 cm³/mol. The van der Waals surface area contributed by atoms with Crippen molar-refractivity contribution in [3.05, 3.63) is 76.0 Å². The number of pyridine rings is 1. The summed E-state index contributed by atoms with van der Waals surface area (Å²) in [5.74, 6) is 0.517. The molecule has 0 unspecified atom stereocenters. The van der Waals surface area contributed by atoms with Crippen LogP contribution >= 0.6 is 0 Å². The van der Waals surface area contributed by atoms with E-state index in [1.54, 1.807) is 0 Å². The van der Waals surface area contributed by atoms with E-state index in [4.69, 9.17) is 4.98 Å². The van der Waals surface area contributed by atoms with Crippen molar-refractivity contribution in [1.29, 1.82) is 0 Å². The van der Waals surface area contributed by atoms with Crippen molar-refractivity contribution in [2.45, 2.75) is 66.2 Å². The second-order valence-corrected chi connectivity index (χ2v) is 10.6. The van der Waals surface area contributed by atoms with E-state index in [0.29, 0.717) is 12.5 Å². The van der Waals surface area contributed by atoms with Gasteiger partial charge in [-0.05, 0) is 80.3 Å². The summed E-state index contributed by atoms with van der Waals surface area (Å²) in [6, 6.07) is 15.2. The van der Waals surface area contributed by atoms with E-state index in [1.165, 1.54) is 41.5 Å². The summed E-state index contributed by atoms with van der Waals surface area (Å²) < 4.78 is 0. The van der Waals surface area contributed by atoms with Crippen LogP contribution < -0.4 is 9.80 Å². The molecule has 2 aliphatic rings. The van der Waals surface area contributed by atoms with E-state index in [1.807, 2.05) is 4.90 Å². The van der Waals surface area contributed by atoms with Gasteiger partial charge in [0.05, 0.1) is 22.6 Å². The van der Waals surface area contributed by atoms with Gasteiger partial charge in [0.2, 0.25) is 0 Å². The minimum atomic E-state index is 0.0939. The molecule has 1 saturated heterocycles. The minimum absolute atomic E-state index is 0.0939. The van der Waals surface area contributed by atoms with E-state index >= 15 is 0 Å². The lowest BCUT2D eigenvalue weighted by molar-refractivity contribution is 0.0980. The van der Waals surface area contributed by atoms with Gasteiger partial charge in [-0.3, -0.25) is 9.78 Å². The standard InChI is InChI=1S/C31H37N3O/c1-20(2)24-13-12-21(3)27(18-24)34-17-14-25-30(31(34)35)28(33-15-7-6-8-16-33)19-26(32-25)29-22(4)10-9-11-23(29)5/h9-13,18-20H,6-8,14-17H2,1-5H3. The van der Waals surface area contributed by atoms with Crippen molar-refractivity contribution in [2.24, 2.45) is 0 Å². The number of carbonyl (C=O) groups is 1. The molecule has 0 atom stereocenters. The molecule has 0 aliphatic carbocycles. The fourth-order valence-corrected chi connectivity index (χ4v) is 5.69. The maximum absolute atomic E-state index is 14.2. The number of rotatable bonds is 4. The Labute approximate surface area is 210 Å². The smallest absolute Gasteiger partial charge is 0.262 e. The van der Waals surface area contributed by atoms with Gasteiger partial charge in [-0.2, -0.15) is 0 Å². The molecule has 4 heteroatoms. The van der Waals surface area contributed by atoms with Crippen LogP contribution in [0.15, 0.2) is 42.5 Å². The molecule has 1 fully saturated rings. The second kappa shape index (κ2) is 9.49. The van der Waals surface area contributed by atoms with Crippen molar-refractivity contribution >= 4 is 17.3 Å². The molecule has 1 aromatic heterocycles. The van der Waals surface area contributed by atoms with Crippen LogP contribution in [0.1, 0.15) is 77.3 Å². The number of carbonyl (C=O) groups excluding carboxylic acids is 1. The molecule has 35 heavy (non-hydrogen) atoms. The average molecular weight is 468 g/mol. The Morgan fingerprint density at radius 3 is 2.20 bits per heavy atom. The molecule has 0 bridgehead atoms. The van der Waals surface area contributed by atoms with Crippen LogP contribution in [0, 0.1) is 20.8 Å². The van der Waals surface area contributed by atoms with E-state index in [9.17, 15) is 4.79 Å². The highest BCUT2D eigenvalue weighted by atomic mass is 16.2. The van der Waals surface area contributed by atoms with Crippen molar-refractivity contribution in [2.75, 3.05) is 29.4 Å². The molecule has 0 radical (unpaired) electrons. The first-order valence-electron chi connectivity index (χ1n) is 13.1. The van der Waals surface area contributed by atoms with Gasteiger partial charge >= 0.3 is 0 Å². The molecular formula is C31H37N3O. The van der Waals surface area contributed by atoms with Crippen LogP contribution in [-0.4, -0.2) is 30.5 Å². The Hall–Kier alpha value is -3.14. The van der Waals surface area contributed by atoms with E-state index in [0.717, 1.165) is 53.4 Å². The van der Waals surface area contributed by atoms with Crippen molar-refractivity contribution < 1.29 is 4.79 Å². The van der Waals surface area contributed by atoms with Crippen molar-refractivity contribution in [1.82, 2.24) is 4.98 Å². The third-order valence-corrected chi connectivity index (χ3v) is 7.73. The molecule has 0 N–H and O–H groups in total. The van der Waals surface area contributed by atoms with E-state index < -0.39 is 0 Å². The number of hydrogen-bond donors (Lipinski definition) is 0. The zero-order valence-corrected chi connectivity index (χ0v) is 21.8. The average Bonchev–Trinajstić information content (AvgIpc) is 2.85. The van der Waals surface area contributed by atoms with Gasteiger partial charge in [0, 0.05) is 37.3 Å². The quantitative estimate of drug-likeness (QED) is 0.415. The maximum Gasteiger partial charge on any atom is 0.262 e. The lowest BCUT2D eigenvalue weighted by Gasteiger charge is -2.36. The van der Waals surface area contributed by atoms with Gasteiger partial charge in [-0.1, -0.05) is 44.2 Å². The number of benzene rings is 2. The van der Waals surface area contributed by atoms with E-state index in [-0.39, 0.29) is 5.91 Å². The molecule has 0 saturated carbocycles. The SMILES string of the molecule is Cc1ccc(C(C)C)cc1N1CCc2nc(-c3c(C)cccc3C)cc(N3CCCCC3)c2C1=O. The first kappa shape index (κ1) is 23.6. The molecule has 4 nitrogen and oxygen atoms in total. The molecule has 3 heterocycles. The number of piperidine rings is 1. The Balaban J connectivity index is 1.65. The number of anilines is 2. The molecule has 182 valence electrons. The van der Waals surface area contributed by atoms with Crippen LogP contribution in [0.4, 0.5) is 11.4 Å². The molecule has 2 aliphatic heterocycles. The summed E-state index contributed by atoms with van der Waals surface area (Å²) in [7, 11) is 0. The first-order valence-corrected chi connectivity index (χ1v) is 13.1. The lowest BCUT2D eigenvalue weighted by atomic mass is 9.94. The van der Waals surface area contributed by atoms with Gasteiger partial charge in [0.1, 0.15) is 0 Å². The number of hydrogen-bond acceptors (Lipinski definition) is 3. The number of aryl methyl sites for hydroxylation is 3. The zero-order chi connectivity index (χ0) is 24.7. The lowest BCUT2D eigenvalue weighted by Crippen LogP contribution is -2.41. The summed E-state index contributed by atoms with van der Waals surface area (Å²) in [5, 5.41) is 0. The summed E-state index contributed by atoms with van der Waals surface area (Å²) in [6.07, 6.45) is 4.37. The highest BCUT2D eigenvalue weighted by molar-refractivity contribution is 6.12. The first-order chi connectivity index (χ1) is 16.8. The summed E-state index contributed by atoms with van der Waals surface area (Å²) in [5.41, 5.74) is 10.9. The predicted octanol–water partition coefficient (Wildman–Crippen LogP) is 6.99. The van der Waals surface area contributed by atoms with Gasteiger partial charge in [-0.15, -0.1) is 0 Å². The van der Waals surface area contributed by atoms with Crippen molar-refractivity contribution in [3.8, 4) is 11.3 Å². The topological polar surface area (TPSA) is 36.4 Å². The fraction of sp³-hybridized carbons (Fsp3) is 0.419. The molecule has 5 rings (SSSR count). The summed E-state index contributed by atoms with van der Waals surface area (Å²) in [4.78, 5) is 23.7. The summed E-state index contributed by atoms with van der Waals surface area (Å²) in [6.45, 7) is 13.5. The fourth-order valence-electron chi connectivity index (χ4n) is 5.69. The van der Waals surface area contributed by atoms with Gasteiger partial charge < -0.3 is 9.80 Å². The van der Waals surface area contributed by atoms with Crippen LogP contribution in [0.2, 0.25) is 0 Å². The Bertz CT molecular complexity index is 1250. The highest BCUT2D eigenvalue weighted by Crippen LogP contribution is 2.38. The molecule has 3 aromatic rings. The molecular weight excluding hydrogens is 430 g/mol. The molecule has 1 amide bonds. The van der Waals surface area contributed by atoms with Crippen LogP contribution in [0.3, 0.4) is 0 Å². The van der Waals surface area contributed by atoms with E-state index in [2.05, 4.69) is 82.0 Å². The van der Waals surface area contributed by atoms with Crippen LogP contribution in [0.25, 0.3) is 11.3 Å². The highest BCUT2D eigenvalue weighted by Gasteiger charge is 2.33. The van der Waals surface area contributed by atoms with Gasteiger partial charge in [0.15, 0.2) is 0 Å². The number of fused-ring (bicyclic) bond motifs is 1. The Morgan fingerprint density at radius 1 is 0.800 bits per heavy atom. The second-order valence-electron chi connectivity index (χ2n) is 10.6. The third kappa shape index (κ3) is 4.35. The third-order valence-electron chi connectivity index (χ3n) is 7.73. The number of aromatic nitrogens is 1. The van der Waals surface area contributed by atoms with Gasteiger partial charge in [0.25, 0.3) is 5.91 Å². The normalized spacial score (nSPS) is 16.1. The Kier molecular flexibility index (Phi) is 6.39. The largest absolute Gasteiger partial charge is 0.371 e. The van der Waals surface area contributed by atoms with Crippen LogP contribution in [-0.2, 0) is 6.42 Å². The molecule has 0 spiro atoms. The van der Waals surface area contributed by atoms with Crippen LogP contribution in [0.5, 0.6) is 0 Å². The maximum atomic E-state index is 14.2. The summed E-state index contributed by atoms with van der Waals surface area (Å²) >= 11 is 0.